The topological polar surface area (TPSA) is 38.7 Å². The highest BCUT2D eigenvalue weighted by atomic mass is 19.4. The Morgan fingerprint density at radius 2 is 1.57 bits per heavy atom. The predicted molar refractivity (Wildman–Crippen MR) is 43.7 cm³/mol. The summed E-state index contributed by atoms with van der Waals surface area (Å²) in [6, 6.07) is 0. The lowest BCUT2D eigenvalue weighted by Crippen LogP contribution is -2.42. The van der Waals surface area contributed by atoms with Crippen molar-refractivity contribution in [1.82, 2.24) is 0 Å². The van der Waals surface area contributed by atoms with Crippen LogP contribution in [0.5, 0.6) is 0 Å². The standard InChI is InChI=1S/C8H15F3O3/c1-7(12,6(13-2)14-3)4-5-8(9,10)11/h6,12H,4-5H2,1-3H3. The van der Waals surface area contributed by atoms with Crippen molar-refractivity contribution in [3.8, 4) is 0 Å². The van der Waals surface area contributed by atoms with Gasteiger partial charge in [0.1, 0.15) is 5.60 Å². The van der Waals surface area contributed by atoms with Crippen molar-refractivity contribution in [2.75, 3.05) is 14.2 Å². The average molecular weight is 216 g/mol. The van der Waals surface area contributed by atoms with Gasteiger partial charge in [-0.05, 0) is 13.3 Å². The van der Waals surface area contributed by atoms with Gasteiger partial charge in [0, 0.05) is 20.6 Å². The van der Waals surface area contributed by atoms with Crippen molar-refractivity contribution >= 4 is 0 Å². The number of alkyl halides is 3. The maximum atomic E-state index is 11.9. The monoisotopic (exact) mass is 216 g/mol. The van der Waals surface area contributed by atoms with Gasteiger partial charge in [0.15, 0.2) is 6.29 Å². The molecule has 0 rings (SSSR count). The Labute approximate surface area is 80.8 Å². The third-order valence-corrected chi connectivity index (χ3v) is 1.85. The second-order valence-corrected chi connectivity index (χ2v) is 3.28. The summed E-state index contributed by atoms with van der Waals surface area (Å²) in [6.07, 6.45) is -6.85. The highest BCUT2D eigenvalue weighted by molar-refractivity contribution is 4.77. The van der Waals surface area contributed by atoms with Gasteiger partial charge in [0.25, 0.3) is 0 Å². The van der Waals surface area contributed by atoms with Gasteiger partial charge in [-0.2, -0.15) is 13.2 Å². The number of aliphatic hydroxyl groups is 1. The van der Waals surface area contributed by atoms with E-state index >= 15 is 0 Å². The molecule has 0 aliphatic rings. The fourth-order valence-corrected chi connectivity index (χ4v) is 1.12. The van der Waals surface area contributed by atoms with Crippen LogP contribution >= 0.6 is 0 Å². The molecule has 0 aliphatic carbocycles. The summed E-state index contributed by atoms with van der Waals surface area (Å²) >= 11 is 0. The fourth-order valence-electron chi connectivity index (χ4n) is 1.12. The molecule has 14 heavy (non-hydrogen) atoms. The molecular weight excluding hydrogens is 201 g/mol. The molecule has 0 saturated carbocycles. The number of methoxy groups -OCH3 is 2. The van der Waals surface area contributed by atoms with E-state index < -0.39 is 30.9 Å². The number of ether oxygens (including phenoxy) is 2. The molecule has 1 atom stereocenters. The van der Waals surface area contributed by atoms with Crippen molar-refractivity contribution in [3.05, 3.63) is 0 Å². The quantitative estimate of drug-likeness (QED) is 0.711. The third kappa shape index (κ3) is 4.78. The van der Waals surface area contributed by atoms with Crippen molar-refractivity contribution in [2.45, 2.75) is 37.8 Å². The summed E-state index contributed by atoms with van der Waals surface area (Å²) in [5.74, 6) is 0. The molecule has 0 saturated heterocycles. The number of hydrogen-bond acceptors (Lipinski definition) is 3. The van der Waals surface area contributed by atoms with Gasteiger partial charge in [0.05, 0.1) is 0 Å². The molecule has 0 fully saturated rings. The third-order valence-electron chi connectivity index (χ3n) is 1.85. The number of halogens is 3. The molecule has 0 bridgehead atoms. The van der Waals surface area contributed by atoms with Crippen LogP contribution in [-0.2, 0) is 9.47 Å². The largest absolute Gasteiger partial charge is 0.389 e. The van der Waals surface area contributed by atoms with Gasteiger partial charge in [-0.3, -0.25) is 0 Å². The summed E-state index contributed by atoms with van der Waals surface area (Å²) in [5, 5.41) is 9.59. The lowest BCUT2D eigenvalue weighted by atomic mass is 9.99. The molecule has 0 heterocycles. The van der Waals surface area contributed by atoms with Crippen molar-refractivity contribution < 1.29 is 27.8 Å². The highest BCUT2D eigenvalue weighted by Crippen LogP contribution is 2.28. The van der Waals surface area contributed by atoms with E-state index in [0.717, 1.165) is 0 Å². The predicted octanol–water partition coefficient (Wildman–Crippen LogP) is 1.70. The smallest absolute Gasteiger partial charge is 0.385 e. The lowest BCUT2D eigenvalue weighted by Gasteiger charge is -2.30. The van der Waals surface area contributed by atoms with Gasteiger partial charge in [-0.15, -0.1) is 0 Å². The molecule has 86 valence electrons. The van der Waals surface area contributed by atoms with Crippen LogP contribution in [0.2, 0.25) is 0 Å². The zero-order chi connectivity index (χ0) is 11.4. The van der Waals surface area contributed by atoms with Crippen molar-refractivity contribution in [3.63, 3.8) is 0 Å². The Morgan fingerprint density at radius 3 is 1.86 bits per heavy atom. The Hall–Kier alpha value is -0.330. The van der Waals surface area contributed by atoms with E-state index in [1.54, 1.807) is 0 Å². The first-order valence-corrected chi connectivity index (χ1v) is 4.07. The second kappa shape index (κ2) is 4.95. The van der Waals surface area contributed by atoms with Crippen molar-refractivity contribution in [1.29, 1.82) is 0 Å². The van der Waals surface area contributed by atoms with Gasteiger partial charge >= 0.3 is 6.18 Å². The SMILES string of the molecule is COC(OC)C(C)(O)CCC(F)(F)F. The Bertz CT molecular complexity index is 164. The Kier molecular flexibility index (Phi) is 4.83. The van der Waals surface area contributed by atoms with Crippen LogP contribution in [0.25, 0.3) is 0 Å². The van der Waals surface area contributed by atoms with Crippen LogP contribution < -0.4 is 0 Å². The molecule has 0 spiro atoms. The van der Waals surface area contributed by atoms with Gasteiger partial charge in [0.2, 0.25) is 0 Å². The van der Waals surface area contributed by atoms with Crippen LogP contribution in [0.3, 0.4) is 0 Å². The summed E-state index contributed by atoms with van der Waals surface area (Å²) in [5.41, 5.74) is -1.64. The van der Waals surface area contributed by atoms with E-state index in [1.807, 2.05) is 0 Å². The fraction of sp³-hybridized carbons (Fsp3) is 1.00. The molecule has 0 aliphatic heterocycles. The van der Waals surface area contributed by atoms with Crippen LogP contribution in [0.4, 0.5) is 13.2 Å². The minimum Gasteiger partial charge on any atom is -0.385 e. The van der Waals surface area contributed by atoms with Crippen LogP contribution in [0.1, 0.15) is 19.8 Å². The first kappa shape index (κ1) is 13.7. The molecule has 0 aromatic heterocycles. The normalized spacial score (nSPS) is 17.1. The average Bonchev–Trinajstić information content (AvgIpc) is 2.02. The van der Waals surface area contributed by atoms with E-state index in [9.17, 15) is 18.3 Å². The second-order valence-electron chi connectivity index (χ2n) is 3.28. The molecule has 3 nitrogen and oxygen atoms in total. The molecule has 0 radical (unpaired) electrons. The van der Waals surface area contributed by atoms with Crippen molar-refractivity contribution in [2.24, 2.45) is 0 Å². The molecule has 1 N–H and O–H groups in total. The number of hydrogen-bond donors (Lipinski definition) is 1. The Balaban J connectivity index is 4.18. The zero-order valence-corrected chi connectivity index (χ0v) is 8.39. The van der Waals surface area contributed by atoms with Gasteiger partial charge < -0.3 is 14.6 Å². The molecule has 0 aromatic carbocycles. The maximum Gasteiger partial charge on any atom is 0.389 e. The summed E-state index contributed by atoms with van der Waals surface area (Å²) in [4.78, 5) is 0. The van der Waals surface area contributed by atoms with Gasteiger partial charge in [-0.25, -0.2) is 0 Å². The highest BCUT2D eigenvalue weighted by Gasteiger charge is 2.37. The van der Waals surface area contributed by atoms with E-state index in [1.165, 1.54) is 21.1 Å². The van der Waals surface area contributed by atoms with E-state index in [-0.39, 0.29) is 0 Å². The molecule has 0 aromatic rings. The Morgan fingerprint density at radius 1 is 1.14 bits per heavy atom. The van der Waals surface area contributed by atoms with Crippen LogP contribution in [0.15, 0.2) is 0 Å². The number of rotatable bonds is 5. The molecule has 6 heteroatoms. The first-order valence-electron chi connectivity index (χ1n) is 4.07. The van der Waals surface area contributed by atoms with E-state index in [4.69, 9.17) is 0 Å². The summed E-state index contributed by atoms with van der Waals surface area (Å²) in [7, 11) is 2.52. The lowest BCUT2D eigenvalue weighted by molar-refractivity contribution is -0.221. The van der Waals surface area contributed by atoms with Crippen LogP contribution in [0, 0.1) is 0 Å². The maximum absolute atomic E-state index is 11.9. The minimum absolute atomic E-state index is 0.456. The minimum atomic E-state index is -4.28. The molecule has 0 amide bonds. The molecule has 1 unspecified atom stereocenters. The van der Waals surface area contributed by atoms with Crippen LogP contribution in [-0.4, -0.2) is 37.4 Å². The summed E-state index contributed by atoms with van der Waals surface area (Å²) < 4.78 is 45.0. The first-order chi connectivity index (χ1) is 6.23. The van der Waals surface area contributed by atoms with Gasteiger partial charge in [-0.1, -0.05) is 0 Å². The van der Waals surface area contributed by atoms with E-state index in [2.05, 4.69) is 9.47 Å². The zero-order valence-electron chi connectivity index (χ0n) is 8.39. The summed E-state index contributed by atoms with van der Waals surface area (Å²) in [6.45, 7) is 1.25. The molecular formula is C8H15F3O3. The van der Waals surface area contributed by atoms with E-state index in [0.29, 0.717) is 0 Å².